The predicted octanol–water partition coefficient (Wildman–Crippen LogP) is 3.17. The lowest BCUT2D eigenvalue weighted by atomic mass is 10.1. The first-order chi connectivity index (χ1) is 15.7. The molecule has 0 saturated carbocycles. The van der Waals surface area contributed by atoms with E-state index in [-0.39, 0.29) is 25.6 Å². The van der Waals surface area contributed by atoms with E-state index in [2.05, 4.69) is 4.72 Å². The Kier molecular flexibility index (Phi) is 7.83. The summed E-state index contributed by atoms with van der Waals surface area (Å²) in [5.41, 5.74) is 2.28. The van der Waals surface area contributed by atoms with Gasteiger partial charge < -0.3 is 23.9 Å². The van der Waals surface area contributed by atoms with Gasteiger partial charge in [0.25, 0.3) is 0 Å². The number of esters is 1. The van der Waals surface area contributed by atoms with Gasteiger partial charge in [0.1, 0.15) is 17.9 Å². The Morgan fingerprint density at radius 1 is 1.18 bits per heavy atom. The maximum absolute atomic E-state index is 12.1. The molecule has 0 radical (unpaired) electrons. The first kappa shape index (κ1) is 24.4. The predicted molar refractivity (Wildman–Crippen MR) is 127 cm³/mol. The number of aryl methyl sites for hydroxylation is 1. The molecule has 0 aliphatic heterocycles. The van der Waals surface area contributed by atoms with Crippen LogP contribution in [0.15, 0.2) is 46.9 Å². The van der Waals surface area contributed by atoms with Crippen molar-refractivity contribution in [1.29, 1.82) is 0 Å². The molecule has 3 rings (SSSR count). The van der Waals surface area contributed by atoms with Crippen molar-refractivity contribution in [3.8, 4) is 5.75 Å². The van der Waals surface area contributed by atoms with Crippen LogP contribution in [0.1, 0.15) is 23.0 Å². The van der Waals surface area contributed by atoms with E-state index < -0.39 is 16.0 Å². The molecule has 178 valence electrons. The molecule has 0 amide bonds. The van der Waals surface area contributed by atoms with Gasteiger partial charge in [0.15, 0.2) is 0 Å². The Morgan fingerprint density at radius 2 is 1.94 bits per heavy atom. The van der Waals surface area contributed by atoms with E-state index in [1.54, 1.807) is 50.2 Å². The fourth-order valence-corrected chi connectivity index (χ4v) is 4.04. The second kappa shape index (κ2) is 10.6. The number of aliphatic hydroxyl groups is 1. The van der Waals surface area contributed by atoms with Gasteiger partial charge >= 0.3 is 5.97 Å². The molecule has 0 unspecified atom stereocenters. The average Bonchev–Trinajstić information content (AvgIpc) is 3.09. The molecule has 1 aromatic heterocycles. The zero-order valence-corrected chi connectivity index (χ0v) is 19.6. The number of hydrogen-bond donors (Lipinski definition) is 2. The number of anilines is 2. The SMILES string of the molecule is CCOC(=O)c1oc2cc(OCCN(CCO)c3ccccc3NS(C)(=O)=O)ccc2c1C. The summed E-state index contributed by atoms with van der Waals surface area (Å²) in [6, 6.07) is 12.3. The minimum absolute atomic E-state index is 0.110. The Hall–Kier alpha value is -3.24. The van der Waals surface area contributed by atoms with E-state index in [0.717, 1.165) is 11.6 Å². The number of hydrogen-bond acceptors (Lipinski definition) is 8. The van der Waals surface area contributed by atoms with E-state index in [1.807, 2.05) is 11.0 Å². The summed E-state index contributed by atoms with van der Waals surface area (Å²) in [4.78, 5) is 13.9. The van der Waals surface area contributed by atoms with Crippen molar-refractivity contribution < 1.29 is 32.2 Å². The van der Waals surface area contributed by atoms with Gasteiger partial charge in [-0.25, -0.2) is 13.2 Å². The van der Waals surface area contributed by atoms with Gasteiger partial charge in [-0.05, 0) is 38.1 Å². The number of carbonyl (C=O) groups excluding carboxylic acids is 1. The molecule has 2 aromatic carbocycles. The molecular weight excluding hydrogens is 448 g/mol. The van der Waals surface area contributed by atoms with Crippen LogP contribution in [0.4, 0.5) is 11.4 Å². The summed E-state index contributed by atoms with van der Waals surface area (Å²) in [7, 11) is -3.46. The lowest BCUT2D eigenvalue weighted by Crippen LogP contribution is -2.32. The van der Waals surface area contributed by atoms with Crippen LogP contribution >= 0.6 is 0 Å². The lowest BCUT2D eigenvalue weighted by Gasteiger charge is -2.26. The standard InChI is InChI=1S/C23H28N2O7S/c1-4-30-23(27)22-16(2)18-10-9-17(15-21(18)32-22)31-14-12-25(11-13-26)20-8-6-5-7-19(20)24-33(3,28)29/h5-10,15,24,26H,4,11-14H2,1-3H3. The summed E-state index contributed by atoms with van der Waals surface area (Å²) in [6.45, 7) is 4.64. The summed E-state index contributed by atoms with van der Waals surface area (Å²) in [6.07, 6.45) is 1.09. The van der Waals surface area contributed by atoms with Crippen molar-refractivity contribution in [3.05, 3.63) is 53.8 Å². The van der Waals surface area contributed by atoms with Gasteiger partial charge in [0.2, 0.25) is 15.8 Å². The molecule has 0 aliphatic carbocycles. The highest BCUT2D eigenvalue weighted by Gasteiger charge is 2.19. The second-order valence-corrected chi connectivity index (χ2v) is 9.13. The first-order valence-corrected chi connectivity index (χ1v) is 12.4. The molecule has 9 nitrogen and oxygen atoms in total. The summed E-state index contributed by atoms with van der Waals surface area (Å²) >= 11 is 0. The minimum atomic E-state index is -3.46. The Balaban J connectivity index is 1.73. The number of furan rings is 1. The molecule has 3 aromatic rings. The maximum Gasteiger partial charge on any atom is 0.374 e. The number of aliphatic hydroxyl groups excluding tert-OH is 1. The Bertz CT molecular complexity index is 1220. The second-order valence-electron chi connectivity index (χ2n) is 7.39. The van der Waals surface area contributed by atoms with Crippen LogP contribution < -0.4 is 14.4 Å². The number of ether oxygens (including phenoxy) is 2. The molecule has 0 atom stereocenters. The van der Waals surface area contributed by atoms with E-state index in [0.29, 0.717) is 41.4 Å². The third-order valence-electron chi connectivity index (χ3n) is 4.91. The van der Waals surface area contributed by atoms with Crippen LogP contribution in [0.2, 0.25) is 0 Å². The van der Waals surface area contributed by atoms with Crippen molar-refractivity contribution >= 4 is 38.3 Å². The van der Waals surface area contributed by atoms with Crippen LogP contribution in [-0.2, 0) is 14.8 Å². The fourth-order valence-electron chi connectivity index (χ4n) is 3.47. The maximum atomic E-state index is 12.1. The molecule has 2 N–H and O–H groups in total. The van der Waals surface area contributed by atoms with Gasteiger partial charge in [0, 0.05) is 23.6 Å². The number of nitrogens with zero attached hydrogens (tertiary/aromatic N) is 1. The van der Waals surface area contributed by atoms with Crippen molar-refractivity contribution in [1.82, 2.24) is 0 Å². The van der Waals surface area contributed by atoms with Crippen LogP contribution in [0.25, 0.3) is 11.0 Å². The molecule has 10 heteroatoms. The molecule has 33 heavy (non-hydrogen) atoms. The number of sulfonamides is 1. The number of rotatable bonds is 11. The minimum Gasteiger partial charge on any atom is -0.492 e. The zero-order chi connectivity index (χ0) is 24.0. The van der Waals surface area contributed by atoms with Crippen LogP contribution in [0.3, 0.4) is 0 Å². The average molecular weight is 477 g/mol. The quantitative estimate of drug-likeness (QED) is 0.405. The monoisotopic (exact) mass is 476 g/mol. The molecule has 0 spiro atoms. The highest BCUT2D eigenvalue weighted by Crippen LogP contribution is 2.30. The summed E-state index contributed by atoms with van der Waals surface area (Å²) in [5, 5.41) is 10.3. The molecule has 0 saturated heterocycles. The van der Waals surface area contributed by atoms with Gasteiger partial charge in [-0.1, -0.05) is 12.1 Å². The van der Waals surface area contributed by atoms with Crippen LogP contribution in [0.5, 0.6) is 5.75 Å². The van der Waals surface area contributed by atoms with E-state index >= 15 is 0 Å². The summed E-state index contributed by atoms with van der Waals surface area (Å²) < 4.78 is 42.5. The van der Waals surface area contributed by atoms with Crippen LogP contribution in [0, 0.1) is 6.92 Å². The molecule has 0 bridgehead atoms. The van der Waals surface area contributed by atoms with Crippen molar-refractivity contribution in [2.75, 3.05) is 48.8 Å². The number of fused-ring (bicyclic) bond motifs is 1. The number of carbonyl (C=O) groups is 1. The Morgan fingerprint density at radius 3 is 2.64 bits per heavy atom. The third kappa shape index (κ3) is 6.17. The highest BCUT2D eigenvalue weighted by atomic mass is 32.2. The first-order valence-electron chi connectivity index (χ1n) is 10.5. The number of para-hydroxylation sites is 2. The van der Waals surface area contributed by atoms with Crippen molar-refractivity contribution in [2.45, 2.75) is 13.8 Å². The van der Waals surface area contributed by atoms with Gasteiger partial charge in [-0.3, -0.25) is 4.72 Å². The lowest BCUT2D eigenvalue weighted by molar-refractivity contribution is 0.0491. The van der Waals surface area contributed by atoms with E-state index in [1.165, 1.54) is 0 Å². The van der Waals surface area contributed by atoms with Crippen LogP contribution in [-0.4, -0.2) is 58.7 Å². The molecule has 1 heterocycles. The van der Waals surface area contributed by atoms with Crippen molar-refractivity contribution in [3.63, 3.8) is 0 Å². The van der Waals surface area contributed by atoms with Crippen molar-refractivity contribution in [2.24, 2.45) is 0 Å². The van der Waals surface area contributed by atoms with E-state index in [4.69, 9.17) is 13.9 Å². The zero-order valence-electron chi connectivity index (χ0n) is 18.8. The largest absolute Gasteiger partial charge is 0.492 e. The molecule has 0 fully saturated rings. The highest BCUT2D eigenvalue weighted by molar-refractivity contribution is 7.92. The third-order valence-corrected chi connectivity index (χ3v) is 5.50. The number of nitrogens with one attached hydrogen (secondary N) is 1. The Labute approximate surface area is 193 Å². The van der Waals surface area contributed by atoms with Gasteiger partial charge in [0.05, 0.1) is 37.4 Å². The molecular formula is C23H28N2O7S. The summed E-state index contributed by atoms with van der Waals surface area (Å²) in [5.74, 6) is 0.223. The number of benzene rings is 2. The molecule has 0 aliphatic rings. The topological polar surface area (TPSA) is 118 Å². The fraction of sp³-hybridized carbons (Fsp3) is 0.348. The van der Waals surface area contributed by atoms with Gasteiger partial charge in [-0.15, -0.1) is 0 Å². The normalized spacial score (nSPS) is 11.4. The smallest absolute Gasteiger partial charge is 0.374 e. The van der Waals surface area contributed by atoms with Gasteiger partial charge in [-0.2, -0.15) is 0 Å². The van der Waals surface area contributed by atoms with E-state index in [9.17, 15) is 18.3 Å².